The lowest BCUT2D eigenvalue weighted by atomic mass is 9.90. The maximum Gasteiger partial charge on any atom is 0.334 e. The van der Waals surface area contributed by atoms with Gasteiger partial charge in [0, 0.05) is 24.1 Å². The fourth-order valence-corrected chi connectivity index (χ4v) is 3.57. The van der Waals surface area contributed by atoms with Crippen molar-refractivity contribution in [2.45, 2.75) is 24.9 Å². The van der Waals surface area contributed by atoms with Crippen LogP contribution in [0.3, 0.4) is 0 Å². The molecule has 6 heteroatoms. The Hall–Kier alpha value is -3.28. The van der Waals surface area contributed by atoms with Crippen molar-refractivity contribution in [3.63, 3.8) is 0 Å². The van der Waals surface area contributed by atoms with E-state index in [1.807, 2.05) is 36.4 Å². The van der Waals surface area contributed by atoms with Crippen molar-refractivity contribution in [2.24, 2.45) is 0 Å². The average molecular weight is 379 g/mol. The van der Waals surface area contributed by atoms with Gasteiger partial charge in [-0.25, -0.2) is 4.79 Å². The molecule has 2 aromatic carbocycles. The predicted octanol–water partition coefficient (Wildman–Crippen LogP) is 3.36. The summed E-state index contributed by atoms with van der Waals surface area (Å²) in [4.78, 5) is 23.6. The zero-order valence-corrected chi connectivity index (χ0v) is 15.6. The van der Waals surface area contributed by atoms with Crippen molar-refractivity contribution >= 4 is 17.6 Å². The van der Waals surface area contributed by atoms with Crippen LogP contribution in [0, 0.1) is 0 Å². The van der Waals surface area contributed by atoms with E-state index in [0.717, 1.165) is 22.6 Å². The van der Waals surface area contributed by atoms with Crippen LogP contribution in [0.5, 0.6) is 11.5 Å². The fourth-order valence-electron chi connectivity index (χ4n) is 3.57. The van der Waals surface area contributed by atoms with Crippen LogP contribution in [0.15, 0.2) is 54.6 Å². The van der Waals surface area contributed by atoms with Crippen molar-refractivity contribution in [3.05, 3.63) is 65.7 Å². The topological polar surface area (TPSA) is 73.9 Å². The van der Waals surface area contributed by atoms with E-state index in [1.54, 1.807) is 13.2 Å². The highest BCUT2D eigenvalue weighted by Crippen LogP contribution is 2.40. The van der Waals surface area contributed by atoms with E-state index in [4.69, 9.17) is 14.2 Å². The molecule has 0 aliphatic carbocycles. The number of carbonyl (C=O) groups excluding carboxylic acids is 2. The van der Waals surface area contributed by atoms with Crippen LogP contribution in [0.2, 0.25) is 0 Å². The van der Waals surface area contributed by atoms with Crippen LogP contribution in [-0.2, 0) is 26.3 Å². The third kappa shape index (κ3) is 3.33. The molecule has 2 aliphatic rings. The number of nitrogens with one attached hydrogen (secondary N) is 1. The lowest BCUT2D eigenvalue weighted by Gasteiger charge is -2.28. The van der Waals surface area contributed by atoms with Gasteiger partial charge < -0.3 is 19.5 Å². The second-order valence-electron chi connectivity index (χ2n) is 7.05. The van der Waals surface area contributed by atoms with Gasteiger partial charge in [0.2, 0.25) is 5.91 Å². The minimum Gasteiger partial charge on any atom is -0.497 e. The molecule has 1 fully saturated rings. The van der Waals surface area contributed by atoms with Crippen molar-refractivity contribution in [1.82, 2.24) is 0 Å². The molecule has 1 amide bonds. The summed E-state index contributed by atoms with van der Waals surface area (Å²) < 4.78 is 16.9. The number of esters is 1. The SMILES string of the molecule is C=C1CC(COc2ccc3c(c2)CCC(=O)N3)(c2ccc(OC)cc2)OC1=O. The largest absolute Gasteiger partial charge is 0.497 e. The Balaban J connectivity index is 1.57. The molecule has 6 nitrogen and oxygen atoms in total. The summed E-state index contributed by atoms with van der Waals surface area (Å²) in [5, 5.41) is 2.85. The van der Waals surface area contributed by atoms with Crippen molar-refractivity contribution < 1.29 is 23.8 Å². The maximum absolute atomic E-state index is 12.1. The third-order valence-electron chi connectivity index (χ3n) is 5.14. The Bertz CT molecular complexity index is 932. The number of benzene rings is 2. The van der Waals surface area contributed by atoms with Crippen LogP contribution in [0.25, 0.3) is 0 Å². The first-order valence-corrected chi connectivity index (χ1v) is 9.10. The molecule has 0 spiro atoms. The molecule has 0 bridgehead atoms. The number of hydrogen-bond donors (Lipinski definition) is 1. The third-order valence-corrected chi connectivity index (χ3v) is 5.14. The maximum atomic E-state index is 12.1. The van der Waals surface area contributed by atoms with Gasteiger partial charge in [-0.05, 0) is 47.9 Å². The zero-order valence-electron chi connectivity index (χ0n) is 15.6. The molecule has 4 rings (SSSR count). The number of cyclic esters (lactones) is 1. The van der Waals surface area contributed by atoms with Crippen molar-refractivity contribution in [1.29, 1.82) is 0 Å². The van der Waals surface area contributed by atoms with Crippen molar-refractivity contribution in [3.8, 4) is 11.5 Å². The van der Waals surface area contributed by atoms with Gasteiger partial charge in [0.15, 0.2) is 5.60 Å². The number of aryl methyl sites for hydroxylation is 1. The first-order chi connectivity index (χ1) is 13.5. The first kappa shape index (κ1) is 18.1. The van der Waals surface area contributed by atoms with E-state index in [1.165, 1.54) is 0 Å². The van der Waals surface area contributed by atoms with Gasteiger partial charge in [0.25, 0.3) is 0 Å². The number of hydrogen-bond acceptors (Lipinski definition) is 5. The monoisotopic (exact) mass is 379 g/mol. The van der Waals surface area contributed by atoms with Crippen LogP contribution in [-0.4, -0.2) is 25.6 Å². The standard InChI is InChI=1S/C22H21NO5/c1-14-12-22(28-21(14)25,16-4-6-17(26-2)7-5-16)13-27-18-8-9-19-15(11-18)3-10-20(24)23-19/h4-9,11H,1,3,10,12-13H2,2H3,(H,23,24). The predicted molar refractivity (Wildman–Crippen MR) is 103 cm³/mol. The summed E-state index contributed by atoms with van der Waals surface area (Å²) in [6.45, 7) is 3.98. The Morgan fingerprint density at radius 2 is 1.86 bits per heavy atom. The lowest BCUT2D eigenvalue weighted by molar-refractivity contribution is -0.150. The average Bonchev–Trinajstić information content (AvgIpc) is 3.01. The Morgan fingerprint density at radius 3 is 2.54 bits per heavy atom. The van der Waals surface area contributed by atoms with Crippen LogP contribution < -0.4 is 14.8 Å². The minimum atomic E-state index is -0.926. The van der Waals surface area contributed by atoms with E-state index in [0.29, 0.717) is 30.6 Å². The molecule has 0 aromatic heterocycles. The minimum absolute atomic E-state index is 0.0241. The van der Waals surface area contributed by atoms with E-state index < -0.39 is 11.6 Å². The molecule has 1 saturated heterocycles. The molecule has 28 heavy (non-hydrogen) atoms. The number of ether oxygens (including phenoxy) is 3. The Labute approximate surface area is 163 Å². The normalized spacial score (nSPS) is 21.0. The van der Waals surface area contributed by atoms with Gasteiger partial charge in [-0.2, -0.15) is 0 Å². The fraction of sp³-hybridized carbons (Fsp3) is 0.273. The molecule has 2 aromatic rings. The highest BCUT2D eigenvalue weighted by atomic mass is 16.6. The zero-order chi connectivity index (χ0) is 19.7. The van der Waals surface area contributed by atoms with Crippen LogP contribution >= 0.6 is 0 Å². The quantitative estimate of drug-likeness (QED) is 0.637. The van der Waals surface area contributed by atoms with Gasteiger partial charge in [-0.15, -0.1) is 0 Å². The van der Waals surface area contributed by atoms with E-state index in [-0.39, 0.29) is 12.5 Å². The number of amides is 1. The molecule has 2 heterocycles. The summed E-state index contributed by atoms with van der Waals surface area (Å²) >= 11 is 0. The summed E-state index contributed by atoms with van der Waals surface area (Å²) in [6.07, 6.45) is 1.50. The second kappa shape index (κ2) is 7.03. The molecule has 0 saturated carbocycles. The van der Waals surface area contributed by atoms with E-state index in [2.05, 4.69) is 11.9 Å². The Kier molecular flexibility index (Phi) is 4.55. The molecule has 0 radical (unpaired) electrons. The lowest BCUT2D eigenvalue weighted by Crippen LogP contribution is -2.33. The number of fused-ring (bicyclic) bond motifs is 1. The van der Waals surface area contributed by atoms with Crippen LogP contribution in [0.4, 0.5) is 5.69 Å². The van der Waals surface area contributed by atoms with Gasteiger partial charge in [0.1, 0.15) is 18.1 Å². The summed E-state index contributed by atoms with van der Waals surface area (Å²) in [5.74, 6) is 1.000. The number of rotatable bonds is 5. The molecular weight excluding hydrogens is 358 g/mol. The van der Waals surface area contributed by atoms with E-state index in [9.17, 15) is 9.59 Å². The number of anilines is 1. The summed E-state index contributed by atoms with van der Waals surface area (Å²) in [5.41, 5.74) is 2.17. The highest BCUT2D eigenvalue weighted by Gasteiger charge is 2.45. The van der Waals surface area contributed by atoms with E-state index >= 15 is 0 Å². The molecule has 144 valence electrons. The van der Waals surface area contributed by atoms with Gasteiger partial charge in [-0.1, -0.05) is 18.7 Å². The Morgan fingerprint density at radius 1 is 1.11 bits per heavy atom. The smallest absolute Gasteiger partial charge is 0.334 e. The van der Waals surface area contributed by atoms with Crippen LogP contribution in [0.1, 0.15) is 24.0 Å². The number of carbonyl (C=O) groups is 2. The molecule has 1 unspecified atom stereocenters. The van der Waals surface area contributed by atoms with Gasteiger partial charge >= 0.3 is 5.97 Å². The number of methoxy groups -OCH3 is 1. The molecular formula is C22H21NO5. The van der Waals surface area contributed by atoms with Gasteiger partial charge in [-0.3, -0.25) is 4.79 Å². The first-order valence-electron chi connectivity index (χ1n) is 9.10. The molecule has 2 aliphatic heterocycles. The second-order valence-corrected chi connectivity index (χ2v) is 7.05. The van der Waals surface area contributed by atoms with Crippen molar-refractivity contribution in [2.75, 3.05) is 19.0 Å². The van der Waals surface area contributed by atoms with Gasteiger partial charge in [0.05, 0.1) is 7.11 Å². The summed E-state index contributed by atoms with van der Waals surface area (Å²) in [7, 11) is 1.60. The summed E-state index contributed by atoms with van der Waals surface area (Å²) in [6, 6.07) is 13.0. The highest BCUT2D eigenvalue weighted by molar-refractivity contribution is 5.94. The molecule has 1 atom stereocenters. The molecule has 1 N–H and O–H groups in total.